The second kappa shape index (κ2) is 10.1. The van der Waals surface area contributed by atoms with Crippen molar-refractivity contribution in [2.75, 3.05) is 6.61 Å². The SMILES string of the molecule is CCOc1ccccc1C=CC(=O)c1ccc(OC(=O)c2ccc(C(C)(C)C)cc2)cc1. The summed E-state index contributed by atoms with van der Waals surface area (Å²) in [5, 5.41) is 0. The van der Waals surface area contributed by atoms with E-state index in [-0.39, 0.29) is 11.2 Å². The number of ketones is 1. The molecule has 0 spiro atoms. The van der Waals surface area contributed by atoms with Gasteiger partial charge < -0.3 is 9.47 Å². The van der Waals surface area contributed by atoms with E-state index in [1.54, 1.807) is 42.5 Å². The molecule has 0 N–H and O–H groups in total. The van der Waals surface area contributed by atoms with Crippen LogP contribution in [0.5, 0.6) is 11.5 Å². The summed E-state index contributed by atoms with van der Waals surface area (Å²) >= 11 is 0. The molecular weight excluding hydrogens is 400 g/mol. The molecule has 0 amide bonds. The molecule has 0 radical (unpaired) electrons. The van der Waals surface area contributed by atoms with Gasteiger partial charge in [-0.3, -0.25) is 4.79 Å². The zero-order valence-electron chi connectivity index (χ0n) is 18.9. The number of para-hydroxylation sites is 1. The summed E-state index contributed by atoms with van der Waals surface area (Å²) in [6.07, 6.45) is 3.25. The first-order valence-corrected chi connectivity index (χ1v) is 10.6. The number of hydrogen-bond acceptors (Lipinski definition) is 4. The fourth-order valence-corrected chi connectivity index (χ4v) is 3.13. The van der Waals surface area contributed by atoms with E-state index in [1.165, 1.54) is 6.08 Å². The summed E-state index contributed by atoms with van der Waals surface area (Å²) in [6, 6.07) is 21.5. The third-order valence-electron chi connectivity index (χ3n) is 4.97. The maximum atomic E-state index is 12.5. The molecule has 164 valence electrons. The van der Waals surface area contributed by atoms with Crippen molar-refractivity contribution in [1.82, 2.24) is 0 Å². The molecule has 0 fully saturated rings. The van der Waals surface area contributed by atoms with Crippen molar-refractivity contribution in [2.45, 2.75) is 33.1 Å². The highest BCUT2D eigenvalue weighted by molar-refractivity contribution is 6.07. The Labute approximate surface area is 189 Å². The standard InChI is InChI=1S/C28H28O4/c1-5-31-26-9-7-6-8-21(26)14-19-25(29)20-12-17-24(18-13-20)32-27(30)22-10-15-23(16-11-22)28(2,3)4/h6-19H,5H2,1-4H3. The summed E-state index contributed by atoms with van der Waals surface area (Å²) in [6.45, 7) is 8.84. The molecular formula is C28H28O4. The van der Waals surface area contributed by atoms with Gasteiger partial charge in [0.05, 0.1) is 12.2 Å². The van der Waals surface area contributed by atoms with E-state index >= 15 is 0 Å². The smallest absolute Gasteiger partial charge is 0.343 e. The van der Waals surface area contributed by atoms with E-state index < -0.39 is 5.97 Å². The quantitative estimate of drug-likeness (QED) is 0.187. The van der Waals surface area contributed by atoms with Gasteiger partial charge in [-0.15, -0.1) is 0 Å². The van der Waals surface area contributed by atoms with Crippen LogP contribution in [0.4, 0.5) is 0 Å². The molecule has 4 heteroatoms. The van der Waals surface area contributed by atoms with E-state index in [0.29, 0.717) is 23.5 Å². The Balaban J connectivity index is 1.64. The number of rotatable bonds is 7. The number of hydrogen-bond donors (Lipinski definition) is 0. The number of carbonyl (C=O) groups excluding carboxylic acids is 2. The van der Waals surface area contributed by atoms with Crippen molar-refractivity contribution < 1.29 is 19.1 Å². The van der Waals surface area contributed by atoms with Crippen LogP contribution >= 0.6 is 0 Å². The van der Waals surface area contributed by atoms with Crippen LogP contribution < -0.4 is 9.47 Å². The average Bonchev–Trinajstić information content (AvgIpc) is 2.78. The van der Waals surface area contributed by atoms with Crippen molar-refractivity contribution in [2.24, 2.45) is 0 Å². The normalized spacial score (nSPS) is 11.4. The molecule has 0 aromatic heterocycles. The van der Waals surface area contributed by atoms with Crippen LogP contribution in [0.15, 0.2) is 78.9 Å². The monoisotopic (exact) mass is 428 g/mol. The molecule has 3 aromatic rings. The Morgan fingerprint density at radius 3 is 2.09 bits per heavy atom. The maximum Gasteiger partial charge on any atom is 0.343 e. The predicted molar refractivity (Wildman–Crippen MR) is 128 cm³/mol. The van der Waals surface area contributed by atoms with Crippen molar-refractivity contribution in [3.05, 3.63) is 101 Å². The van der Waals surface area contributed by atoms with Crippen LogP contribution in [0, 0.1) is 0 Å². The van der Waals surface area contributed by atoms with Crippen molar-refractivity contribution in [3.8, 4) is 11.5 Å². The van der Waals surface area contributed by atoms with Crippen LogP contribution in [-0.4, -0.2) is 18.4 Å². The maximum absolute atomic E-state index is 12.5. The highest BCUT2D eigenvalue weighted by atomic mass is 16.5. The first-order chi connectivity index (χ1) is 15.3. The van der Waals surface area contributed by atoms with Gasteiger partial charge in [0.2, 0.25) is 0 Å². The third kappa shape index (κ3) is 5.94. The van der Waals surface area contributed by atoms with E-state index in [4.69, 9.17) is 9.47 Å². The average molecular weight is 429 g/mol. The number of ether oxygens (including phenoxy) is 2. The fourth-order valence-electron chi connectivity index (χ4n) is 3.13. The molecule has 3 aromatic carbocycles. The molecule has 0 aliphatic heterocycles. The summed E-state index contributed by atoms with van der Waals surface area (Å²) in [4.78, 5) is 24.9. The van der Waals surface area contributed by atoms with Gasteiger partial charge in [0, 0.05) is 11.1 Å². The van der Waals surface area contributed by atoms with Crippen LogP contribution in [-0.2, 0) is 5.41 Å². The topological polar surface area (TPSA) is 52.6 Å². The predicted octanol–water partition coefficient (Wildman–Crippen LogP) is 6.50. The zero-order valence-corrected chi connectivity index (χ0v) is 18.9. The summed E-state index contributed by atoms with van der Waals surface area (Å²) < 4.78 is 11.0. The minimum absolute atomic E-state index is 0.0182. The fraction of sp³-hybridized carbons (Fsp3) is 0.214. The van der Waals surface area contributed by atoms with Crippen molar-refractivity contribution in [3.63, 3.8) is 0 Å². The van der Waals surface area contributed by atoms with Gasteiger partial charge in [0.15, 0.2) is 5.78 Å². The molecule has 4 nitrogen and oxygen atoms in total. The highest BCUT2D eigenvalue weighted by Crippen LogP contribution is 2.23. The van der Waals surface area contributed by atoms with Crippen LogP contribution in [0.2, 0.25) is 0 Å². The minimum Gasteiger partial charge on any atom is -0.493 e. The first-order valence-electron chi connectivity index (χ1n) is 10.6. The Hall–Kier alpha value is -3.66. The lowest BCUT2D eigenvalue weighted by molar-refractivity contribution is 0.0734. The molecule has 0 aliphatic rings. The van der Waals surface area contributed by atoms with Gasteiger partial charge in [-0.25, -0.2) is 4.79 Å². The molecule has 32 heavy (non-hydrogen) atoms. The van der Waals surface area contributed by atoms with Crippen LogP contribution in [0.1, 0.15) is 59.5 Å². The summed E-state index contributed by atoms with van der Waals surface area (Å²) in [7, 11) is 0. The second-order valence-electron chi connectivity index (χ2n) is 8.41. The molecule has 0 heterocycles. The van der Waals surface area contributed by atoms with Crippen molar-refractivity contribution >= 4 is 17.8 Å². The van der Waals surface area contributed by atoms with Crippen LogP contribution in [0.3, 0.4) is 0 Å². The lowest BCUT2D eigenvalue weighted by atomic mass is 9.87. The first kappa shape index (κ1) is 23.0. The Morgan fingerprint density at radius 1 is 0.844 bits per heavy atom. The van der Waals surface area contributed by atoms with Gasteiger partial charge >= 0.3 is 5.97 Å². The molecule has 0 atom stereocenters. The van der Waals surface area contributed by atoms with Gasteiger partial charge in [0.1, 0.15) is 11.5 Å². The van der Waals surface area contributed by atoms with Crippen molar-refractivity contribution in [1.29, 1.82) is 0 Å². The Morgan fingerprint density at radius 2 is 1.47 bits per heavy atom. The number of allylic oxidation sites excluding steroid dienone is 1. The Kier molecular flexibility index (Phi) is 7.26. The van der Waals surface area contributed by atoms with E-state index in [9.17, 15) is 9.59 Å². The summed E-state index contributed by atoms with van der Waals surface area (Å²) in [5.74, 6) is 0.540. The molecule has 0 unspecified atom stereocenters. The van der Waals surface area contributed by atoms with E-state index in [2.05, 4.69) is 20.8 Å². The van der Waals surface area contributed by atoms with E-state index in [0.717, 1.165) is 16.9 Å². The van der Waals surface area contributed by atoms with Crippen LogP contribution in [0.25, 0.3) is 6.08 Å². The molecule has 0 saturated heterocycles. The Bertz CT molecular complexity index is 1100. The van der Waals surface area contributed by atoms with Gasteiger partial charge in [0.25, 0.3) is 0 Å². The lowest BCUT2D eigenvalue weighted by Crippen LogP contribution is -2.13. The lowest BCUT2D eigenvalue weighted by Gasteiger charge is -2.18. The molecule has 0 saturated carbocycles. The highest BCUT2D eigenvalue weighted by Gasteiger charge is 2.15. The van der Waals surface area contributed by atoms with E-state index in [1.807, 2.05) is 43.3 Å². The minimum atomic E-state index is -0.433. The number of esters is 1. The molecule has 0 aliphatic carbocycles. The van der Waals surface area contributed by atoms with Gasteiger partial charge in [-0.2, -0.15) is 0 Å². The zero-order chi connectivity index (χ0) is 23.1. The molecule has 0 bridgehead atoms. The summed E-state index contributed by atoms with van der Waals surface area (Å²) in [5.41, 5.74) is 2.99. The van der Waals surface area contributed by atoms with Gasteiger partial charge in [-0.05, 0) is 72.5 Å². The third-order valence-corrected chi connectivity index (χ3v) is 4.97. The molecule has 3 rings (SSSR count). The largest absolute Gasteiger partial charge is 0.493 e. The second-order valence-corrected chi connectivity index (χ2v) is 8.41. The van der Waals surface area contributed by atoms with Gasteiger partial charge in [-0.1, -0.05) is 51.1 Å². The number of carbonyl (C=O) groups is 2. The number of benzene rings is 3.